The number of nitrogens with zero attached hydrogens (tertiary/aromatic N) is 2. The fraction of sp³-hybridized carbons (Fsp3) is 0.321. The normalized spacial score (nSPS) is 14.2. The maximum absolute atomic E-state index is 13.7. The summed E-state index contributed by atoms with van der Waals surface area (Å²) in [5.74, 6) is -1.19. The minimum absolute atomic E-state index is 0.0356. The molecule has 0 aromatic heterocycles. The molecule has 3 aromatic rings. The summed E-state index contributed by atoms with van der Waals surface area (Å²) in [6.45, 7) is 5.68. The van der Waals surface area contributed by atoms with E-state index in [4.69, 9.17) is 0 Å². The Hall–Kier alpha value is -3.74. The number of anilines is 1. The molecule has 35 heavy (non-hydrogen) atoms. The predicted molar refractivity (Wildman–Crippen MR) is 135 cm³/mol. The molecule has 2 atom stereocenters. The summed E-state index contributed by atoms with van der Waals surface area (Å²) in [5.41, 5.74) is 1.96. The quantitative estimate of drug-likeness (QED) is 0.489. The number of hydrogen-bond donors (Lipinski definition) is 1. The van der Waals surface area contributed by atoms with Crippen LogP contribution in [-0.4, -0.2) is 41.2 Å². The summed E-state index contributed by atoms with van der Waals surface area (Å²) in [6, 6.07) is 16.3. The Balaban J connectivity index is 1.64. The second kappa shape index (κ2) is 10.3. The van der Waals surface area contributed by atoms with Crippen LogP contribution < -0.4 is 10.2 Å². The molecule has 0 unspecified atom stereocenters. The third-order valence-corrected chi connectivity index (χ3v) is 6.60. The lowest BCUT2D eigenvalue weighted by molar-refractivity contribution is -0.140. The molecule has 0 bridgehead atoms. The molecule has 0 saturated heterocycles. The molecule has 1 aliphatic rings. The van der Waals surface area contributed by atoms with Crippen LogP contribution in [-0.2, 0) is 16.1 Å². The van der Waals surface area contributed by atoms with Crippen LogP contribution in [0.4, 0.5) is 10.1 Å². The summed E-state index contributed by atoms with van der Waals surface area (Å²) >= 11 is 0. The van der Waals surface area contributed by atoms with Crippen LogP contribution in [0.3, 0.4) is 0 Å². The van der Waals surface area contributed by atoms with Crippen LogP contribution in [0.2, 0.25) is 0 Å². The van der Waals surface area contributed by atoms with Gasteiger partial charge in [0.25, 0.3) is 5.91 Å². The molecular weight excluding hydrogens is 445 g/mol. The van der Waals surface area contributed by atoms with Crippen molar-refractivity contribution in [3.05, 3.63) is 77.6 Å². The number of benzene rings is 3. The van der Waals surface area contributed by atoms with Crippen molar-refractivity contribution in [2.45, 2.75) is 52.2 Å². The van der Waals surface area contributed by atoms with Crippen molar-refractivity contribution in [1.29, 1.82) is 0 Å². The minimum Gasteiger partial charge on any atom is -0.352 e. The molecule has 1 heterocycles. The maximum Gasteiger partial charge on any atom is 0.259 e. The number of hydrogen-bond acceptors (Lipinski definition) is 3. The molecule has 0 spiro atoms. The highest BCUT2D eigenvalue weighted by Gasteiger charge is 2.35. The summed E-state index contributed by atoms with van der Waals surface area (Å²) in [5, 5.41) is 4.74. The SMILES string of the molecule is CC[C@H](C(=O)N[C@@H](C)CC)N(Cc1ccc(F)cc1)C(=O)CN1C(=O)c2cccc3cccc1c23. The van der Waals surface area contributed by atoms with Crippen molar-refractivity contribution in [3.63, 3.8) is 0 Å². The van der Waals surface area contributed by atoms with E-state index in [-0.39, 0.29) is 42.7 Å². The molecule has 0 radical (unpaired) electrons. The van der Waals surface area contributed by atoms with Crippen molar-refractivity contribution in [3.8, 4) is 0 Å². The van der Waals surface area contributed by atoms with Crippen molar-refractivity contribution >= 4 is 34.2 Å². The first-order chi connectivity index (χ1) is 16.8. The average molecular weight is 476 g/mol. The van der Waals surface area contributed by atoms with Crippen LogP contribution in [0.15, 0.2) is 60.7 Å². The lowest BCUT2D eigenvalue weighted by atomic mass is 10.1. The average Bonchev–Trinajstić information content (AvgIpc) is 3.13. The molecule has 0 fully saturated rings. The van der Waals surface area contributed by atoms with Gasteiger partial charge in [-0.25, -0.2) is 4.39 Å². The van der Waals surface area contributed by atoms with E-state index in [2.05, 4.69) is 5.32 Å². The first-order valence-electron chi connectivity index (χ1n) is 12.0. The second-order valence-corrected chi connectivity index (χ2v) is 8.96. The molecule has 7 heteroatoms. The number of halogens is 1. The lowest BCUT2D eigenvalue weighted by Crippen LogP contribution is -2.53. The molecule has 182 valence electrons. The van der Waals surface area contributed by atoms with E-state index in [0.29, 0.717) is 23.2 Å². The third kappa shape index (κ3) is 4.90. The molecular formula is C28H30FN3O3. The smallest absolute Gasteiger partial charge is 0.259 e. The van der Waals surface area contributed by atoms with Crippen molar-refractivity contribution in [2.24, 2.45) is 0 Å². The first kappa shape index (κ1) is 24.4. The van der Waals surface area contributed by atoms with Gasteiger partial charge in [0.1, 0.15) is 18.4 Å². The molecule has 4 rings (SSSR count). The number of carbonyl (C=O) groups is 3. The maximum atomic E-state index is 13.7. The van der Waals surface area contributed by atoms with Gasteiger partial charge < -0.3 is 10.2 Å². The second-order valence-electron chi connectivity index (χ2n) is 8.96. The van der Waals surface area contributed by atoms with E-state index < -0.39 is 6.04 Å². The molecule has 3 amide bonds. The van der Waals surface area contributed by atoms with Gasteiger partial charge in [-0.05, 0) is 55.0 Å². The number of carbonyl (C=O) groups excluding carboxylic acids is 3. The van der Waals surface area contributed by atoms with E-state index in [0.717, 1.165) is 17.2 Å². The standard InChI is InChI=1S/C28H30FN3O3/c1-4-18(3)30-27(34)23(5-2)31(16-19-12-14-21(29)15-13-19)25(33)17-32-24-11-7-9-20-8-6-10-22(26(20)24)28(32)35/h6-15,18,23H,4-5,16-17H2,1-3H3,(H,30,34)/t18-,23+/m0/s1. The fourth-order valence-electron chi connectivity index (χ4n) is 4.51. The summed E-state index contributed by atoms with van der Waals surface area (Å²) in [6.07, 6.45) is 1.16. The largest absolute Gasteiger partial charge is 0.352 e. The number of amides is 3. The molecule has 0 saturated carbocycles. The zero-order valence-corrected chi connectivity index (χ0v) is 20.3. The monoisotopic (exact) mass is 475 g/mol. The molecule has 6 nitrogen and oxygen atoms in total. The number of rotatable bonds is 9. The van der Waals surface area contributed by atoms with E-state index >= 15 is 0 Å². The lowest BCUT2D eigenvalue weighted by Gasteiger charge is -2.32. The van der Waals surface area contributed by atoms with Gasteiger partial charge in [-0.1, -0.05) is 50.2 Å². The Bertz CT molecular complexity index is 1250. The van der Waals surface area contributed by atoms with Gasteiger partial charge in [0.05, 0.1) is 5.69 Å². The number of nitrogens with one attached hydrogen (secondary N) is 1. The molecule has 0 aliphatic carbocycles. The summed E-state index contributed by atoms with van der Waals surface area (Å²) < 4.78 is 13.5. The highest BCUT2D eigenvalue weighted by atomic mass is 19.1. The Labute approximate surface area is 204 Å². The van der Waals surface area contributed by atoms with Crippen LogP contribution in [0.25, 0.3) is 10.8 Å². The van der Waals surface area contributed by atoms with Gasteiger partial charge in [0.2, 0.25) is 11.8 Å². The van der Waals surface area contributed by atoms with E-state index in [1.54, 1.807) is 18.2 Å². The van der Waals surface area contributed by atoms with Gasteiger partial charge in [-0.2, -0.15) is 0 Å². The third-order valence-electron chi connectivity index (χ3n) is 6.60. The molecule has 3 aromatic carbocycles. The minimum atomic E-state index is -0.725. The van der Waals surface area contributed by atoms with Gasteiger partial charge in [-0.15, -0.1) is 0 Å². The van der Waals surface area contributed by atoms with E-state index in [1.165, 1.54) is 21.9 Å². The van der Waals surface area contributed by atoms with Crippen LogP contribution >= 0.6 is 0 Å². The molecule has 1 N–H and O–H groups in total. The van der Waals surface area contributed by atoms with Crippen LogP contribution in [0, 0.1) is 5.82 Å². The highest BCUT2D eigenvalue weighted by Crippen LogP contribution is 2.37. The first-order valence-corrected chi connectivity index (χ1v) is 12.0. The predicted octanol–water partition coefficient (Wildman–Crippen LogP) is 4.66. The Morgan fingerprint density at radius 1 is 1.00 bits per heavy atom. The van der Waals surface area contributed by atoms with Gasteiger partial charge in [-0.3, -0.25) is 19.3 Å². The zero-order chi connectivity index (χ0) is 25.1. The van der Waals surface area contributed by atoms with Crippen LogP contribution in [0.5, 0.6) is 0 Å². The van der Waals surface area contributed by atoms with Gasteiger partial charge in [0, 0.05) is 23.5 Å². The van der Waals surface area contributed by atoms with Crippen molar-refractivity contribution in [1.82, 2.24) is 10.2 Å². The Morgan fingerprint density at radius 3 is 2.34 bits per heavy atom. The molecule has 1 aliphatic heterocycles. The van der Waals surface area contributed by atoms with E-state index in [1.807, 2.05) is 51.1 Å². The fourth-order valence-corrected chi connectivity index (χ4v) is 4.51. The zero-order valence-electron chi connectivity index (χ0n) is 20.3. The summed E-state index contributed by atoms with van der Waals surface area (Å²) in [7, 11) is 0. The van der Waals surface area contributed by atoms with Crippen LogP contribution in [0.1, 0.15) is 49.5 Å². The Morgan fingerprint density at radius 2 is 1.69 bits per heavy atom. The van der Waals surface area contributed by atoms with Crippen molar-refractivity contribution < 1.29 is 18.8 Å². The highest BCUT2D eigenvalue weighted by molar-refractivity contribution is 6.26. The van der Waals surface area contributed by atoms with E-state index in [9.17, 15) is 18.8 Å². The van der Waals surface area contributed by atoms with Crippen molar-refractivity contribution in [2.75, 3.05) is 11.4 Å². The van der Waals surface area contributed by atoms with Gasteiger partial charge in [0.15, 0.2) is 0 Å². The topological polar surface area (TPSA) is 69.7 Å². The Kier molecular flexibility index (Phi) is 7.15. The van der Waals surface area contributed by atoms with Gasteiger partial charge >= 0.3 is 0 Å². The summed E-state index contributed by atoms with van der Waals surface area (Å²) in [4.78, 5) is 43.1.